The summed E-state index contributed by atoms with van der Waals surface area (Å²) in [6.07, 6.45) is 0.259. The Kier molecular flexibility index (Phi) is 2.53. The molecule has 1 N–H and O–H groups in total. The highest BCUT2D eigenvalue weighted by Crippen LogP contribution is 2.35. The Hall–Kier alpha value is -1.60. The van der Waals surface area contributed by atoms with E-state index in [0.29, 0.717) is 12.2 Å². The Balaban J connectivity index is 1.89. The summed E-state index contributed by atoms with van der Waals surface area (Å²) in [7, 11) is 1.24. The summed E-state index contributed by atoms with van der Waals surface area (Å²) in [5, 5.41) is 5.67. The normalized spacial score (nSPS) is 18.4. The maximum atomic E-state index is 11.1. The van der Waals surface area contributed by atoms with E-state index in [1.807, 2.05) is 24.3 Å². The molecule has 6 nitrogen and oxygen atoms in total. The average molecular weight is 286 g/mol. The Morgan fingerprint density at radius 1 is 1.39 bits per heavy atom. The van der Waals surface area contributed by atoms with Gasteiger partial charge in [-0.3, -0.25) is 5.10 Å². The number of benzene rings is 1. The van der Waals surface area contributed by atoms with Crippen LogP contribution in [0.1, 0.15) is 17.5 Å². The van der Waals surface area contributed by atoms with Gasteiger partial charge in [0.1, 0.15) is 5.75 Å². The molecule has 1 aliphatic rings. The molecule has 1 aromatic carbocycles. The third-order valence-corrected chi connectivity index (χ3v) is 3.69. The van der Waals surface area contributed by atoms with E-state index in [9.17, 15) is 8.42 Å². The smallest absolute Gasteiger partial charge is 0.298 e. The van der Waals surface area contributed by atoms with Gasteiger partial charge in [-0.1, -0.05) is 18.2 Å². The van der Waals surface area contributed by atoms with Crippen molar-refractivity contribution in [3.8, 4) is 5.75 Å². The van der Waals surface area contributed by atoms with Crippen LogP contribution in [-0.2, 0) is 15.5 Å². The number of para-hydroxylation sites is 1. The minimum absolute atomic E-state index is 0.352. The molecule has 8 heteroatoms. The quantitative estimate of drug-likeness (QED) is 0.843. The highest BCUT2D eigenvalue weighted by atomic mass is 35.7. The van der Waals surface area contributed by atoms with Gasteiger partial charge in [0.05, 0.1) is 0 Å². The van der Waals surface area contributed by atoms with Crippen LogP contribution in [0.25, 0.3) is 0 Å². The van der Waals surface area contributed by atoms with Gasteiger partial charge in [0, 0.05) is 17.1 Å². The molecular formula is C10H8ClN3O3S. The van der Waals surface area contributed by atoms with E-state index in [1.165, 1.54) is 0 Å². The van der Waals surface area contributed by atoms with Crippen molar-refractivity contribution < 1.29 is 13.2 Å². The molecule has 0 aliphatic carbocycles. The molecule has 0 bridgehead atoms. The minimum atomic E-state index is -3.92. The van der Waals surface area contributed by atoms with Crippen molar-refractivity contribution in [3.63, 3.8) is 0 Å². The minimum Gasteiger partial charge on any atom is -0.482 e. The van der Waals surface area contributed by atoms with Gasteiger partial charge in [-0.05, 0) is 11.6 Å². The number of aromatic amines is 1. The van der Waals surface area contributed by atoms with E-state index >= 15 is 0 Å². The molecule has 1 atom stereocenters. The summed E-state index contributed by atoms with van der Waals surface area (Å²) in [4.78, 5) is 3.83. The molecule has 18 heavy (non-hydrogen) atoms. The number of aromatic nitrogens is 3. The molecule has 3 rings (SSSR count). The van der Waals surface area contributed by atoms with Gasteiger partial charge in [-0.15, -0.1) is 5.10 Å². The second-order valence-electron chi connectivity index (χ2n) is 3.86. The Labute approximate surface area is 107 Å². The number of rotatable bonds is 2. The zero-order valence-corrected chi connectivity index (χ0v) is 10.6. The van der Waals surface area contributed by atoms with Gasteiger partial charge >= 0.3 is 0 Å². The molecule has 2 aromatic rings. The largest absolute Gasteiger partial charge is 0.482 e. The van der Waals surface area contributed by atoms with Crippen LogP contribution in [-0.4, -0.2) is 23.6 Å². The molecule has 94 valence electrons. The summed E-state index contributed by atoms with van der Waals surface area (Å²) < 4.78 is 27.8. The van der Waals surface area contributed by atoms with Crippen molar-refractivity contribution in [1.29, 1.82) is 0 Å². The standard InChI is InChI=1S/C10H8ClN3O3S/c11-18(15,16)10-12-9(13-14-10)8-5-6-3-1-2-4-7(6)17-8/h1-4,8H,5H2,(H,12,13,14). The Morgan fingerprint density at radius 3 is 2.83 bits per heavy atom. The van der Waals surface area contributed by atoms with Crippen molar-refractivity contribution in [1.82, 2.24) is 15.2 Å². The summed E-state index contributed by atoms with van der Waals surface area (Å²) in [5.74, 6) is 1.12. The number of H-pyrrole nitrogens is 1. The first-order valence-corrected chi connectivity index (χ1v) is 7.46. The Morgan fingerprint density at radius 2 is 2.17 bits per heavy atom. The van der Waals surface area contributed by atoms with E-state index in [4.69, 9.17) is 15.4 Å². The van der Waals surface area contributed by atoms with Gasteiger partial charge in [-0.2, -0.15) is 4.98 Å². The number of hydrogen-bond donors (Lipinski definition) is 1. The van der Waals surface area contributed by atoms with E-state index in [0.717, 1.165) is 11.3 Å². The van der Waals surface area contributed by atoms with E-state index < -0.39 is 14.2 Å². The van der Waals surface area contributed by atoms with E-state index in [2.05, 4.69) is 15.2 Å². The molecule has 0 saturated heterocycles. The van der Waals surface area contributed by atoms with Crippen molar-refractivity contribution in [2.45, 2.75) is 17.7 Å². The van der Waals surface area contributed by atoms with Gasteiger partial charge in [-0.25, -0.2) is 8.42 Å². The van der Waals surface area contributed by atoms with Crippen molar-refractivity contribution in [3.05, 3.63) is 35.7 Å². The van der Waals surface area contributed by atoms with Gasteiger partial charge in [0.15, 0.2) is 11.9 Å². The van der Waals surface area contributed by atoms with Crippen LogP contribution in [0.5, 0.6) is 5.75 Å². The number of ether oxygens (including phenoxy) is 1. The number of nitrogens with zero attached hydrogens (tertiary/aromatic N) is 2. The van der Waals surface area contributed by atoms with E-state index in [-0.39, 0.29) is 6.10 Å². The summed E-state index contributed by atoms with van der Waals surface area (Å²) in [5.41, 5.74) is 1.05. The summed E-state index contributed by atoms with van der Waals surface area (Å²) >= 11 is 0. The maximum Gasteiger partial charge on any atom is 0.298 e. The predicted octanol–water partition coefficient (Wildman–Crippen LogP) is 1.41. The molecule has 0 fully saturated rings. The zero-order chi connectivity index (χ0) is 12.8. The van der Waals surface area contributed by atoms with Crippen LogP contribution >= 0.6 is 10.7 Å². The van der Waals surface area contributed by atoms with Crippen LogP contribution < -0.4 is 4.74 Å². The summed E-state index contributed by atoms with van der Waals surface area (Å²) in [6, 6.07) is 7.59. The molecular weight excluding hydrogens is 278 g/mol. The highest BCUT2D eigenvalue weighted by Gasteiger charge is 2.28. The molecule has 1 aromatic heterocycles. The lowest BCUT2D eigenvalue weighted by atomic mass is 10.1. The molecule has 2 heterocycles. The Bertz CT molecular complexity index is 673. The molecule has 0 spiro atoms. The number of fused-ring (bicyclic) bond motifs is 1. The van der Waals surface area contributed by atoms with E-state index in [1.54, 1.807) is 0 Å². The van der Waals surface area contributed by atoms with Gasteiger partial charge < -0.3 is 4.74 Å². The zero-order valence-electron chi connectivity index (χ0n) is 9.00. The fourth-order valence-electron chi connectivity index (χ4n) is 1.85. The van der Waals surface area contributed by atoms with Crippen LogP contribution in [0.4, 0.5) is 0 Å². The van der Waals surface area contributed by atoms with Crippen LogP contribution in [0.2, 0.25) is 0 Å². The first-order chi connectivity index (χ1) is 8.54. The molecule has 0 amide bonds. The molecule has 1 aliphatic heterocycles. The monoisotopic (exact) mass is 285 g/mol. The number of nitrogens with one attached hydrogen (secondary N) is 1. The van der Waals surface area contributed by atoms with Gasteiger partial charge in [0.2, 0.25) is 0 Å². The lowest BCUT2D eigenvalue weighted by Gasteiger charge is -2.05. The fourth-order valence-corrected chi connectivity index (χ4v) is 2.41. The first-order valence-electron chi connectivity index (χ1n) is 5.15. The van der Waals surface area contributed by atoms with Crippen LogP contribution in [0.3, 0.4) is 0 Å². The lowest BCUT2D eigenvalue weighted by molar-refractivity contribution is 0.228. The average Bonchev–Trinajstić information content (AvgIpc) is 2.94. The van der Waals surface area contributed by atoms with Crippen molar-refractivity contribution in [2.75, 3.05) is 0 Å². The SMILES string of the molecule is O=S(=O)(Cl)c1n[nH]c(C2Cc3ccccc3O2)n1. The summed E-state index contributed by atoms with van der Waals surface area (Å²) in [6.45, 7) is 0. The topological polar surface area (TPSA) is 84.9 Å². The molecule has 0 radical (unpaired) electrons. The first kappa shape index (κ1) is 11.5. The van der Waals surface area contributed by atoms with Crippen LogP contribution in [0, 0.1) is 0 Å². The third kappa shape index (κ3) is 1.95. The molecule has 0 saturated carbocycles. The second-order valence-corrected chi connectivity index (χ2v) is 6.32. The number of hydrogen-bond acceptors (Lipinski definition) is 5. The van der Waals surface area contributed by atoms with Crippen LogP contribution in [0.15, 0.2) is 29.4 Å². The molecule has 1 unspecified atom stereocenters. The lowest BCUT2D eigenvalue weighted by Crippen LogP contribution is -2.05. The number of halogens is 1. The predicted molar refractivity (Wildman–Crippen MR) is 62.9 cm³/mol. The fraction of sp³-hybridized carbons (Fsp3) is 0.200. The maximum absolute atomic E-state index is 11.1. The highest BCUT2D eigenvalue weighted by molar-refractivity contribution is 8.13. The van der Waals surface area contributed by atoms with Crippen molar-refractivity contribution >= 4 is 19.7 Å². The third-order valence-electron chi connectivity index (χ3n) is 2.65. The second kappa shape index (κ2) is 3.96. The van der Waals surface area contributed by atoms with Gasteiger partial charge in [0.25, 0.3) is 14.2 Å². The van der Waals surface area contributed by atoms with Crippen molar-refractivity contribution in [2.24, 2.45) is 0 Å².